The van der Waals surface area contributed by atoms with Crippen molar-refractivity contribution in [1.29, 1.82) is 0 Å². The lowest BCUT2D eigenvalue weighted by molar-refractivity contribution is 0.385. The molecule has 0 aliphatic heterocycles. The molecule has 0 unspecified atom stereocenters. The minimum atomic E-state index is 0.242. The van der Waals surface area contributed by atoms with Crippen LogP contribution in [-0.4, -0.2) is 20.2 Å². The number of phenols is 1. The summed E-state index contributed by atoms with van der Waals surface area (Å²) in [7, 11) is 0. The molecule has 0 radical (unpaired) electrons. The lowest BCUT2D eigenvalue weighted by Crippen LogP contribution is -1.93. The van der Waals surface area contributed by atoms with E-state index in [1.54, 1.807) is 18.3 Å². The fourth-order valence-electron chi connectivity index (χ4n) is 2.14. The molecular weight excluding hydrogens is 266 g/mol. The number of hydrogen-bond donors (Lipinski definition) is 1. The van der Waals surface area contributed by atoms with E-state index in [9.17, 15) is 5.11 Å². The average Bonchev–Trinajstić information content (AvgIpc) is 2.98. The first-order valence-corrected chi connectivity index (χ1v) is 6.81. The quantitative estimate of drug-likeness (QED) is 0.796. The first-order chi connectivity index (χ1) is 10.3. The van der Waals surface area contributed by atoms with Gasteiger partial charge in [-0.3, -0.25) is 4.98 Å². The summed E-state index contributed by atoms with van der Waals surface area (Å²) in [6, 6.07) is 10.9. The van der Waals surface area contributed by atoms with Gasteiger partial charge in [-0.2, -0.15) is 4.98 Å². The zero-order valence-corrected chi connectivity index (χ0v) is 11.7. The van der Waals surface area contributed by atoms with E-state index in [4.69, 9.17) is 4.52 Å². The van der Waals surface area contributed by atoms with Gasteiger partial charge in [-0.05, 0) is 35.7 Å². The summed E-state index contributed by atoms with van der Waals surface area (Å²) in [4.78, 5) is 8.74. The summed E-state index contributed by atoms with van der Waals surface area (Å²) >= 11 is 0. The predicted molar refractivity (Wildman–Crippen MR) is 77.8 cm³/mol. The van der Waals surface area contributed by atoms with Crippen LogP contribution >= 0.6 is 0 Å². The Hall–Kier alpha value is -2.69. The van der Waals surface area contributed by atoms with Gasteiger partial charge in [0.2, 0.25) is 11.7 Å². The minimum absolute atomic E-state index is 0.242. The van der Waals surface area contributed by atoms with Crippen LogP contribution in [0.1, 0.15) is 23.9 Å². The molecule has 3 aromatic rings. The molecule has 1 N–H and O–H groups in total. The lowest BCUT2D eigenvalue weighted by Gasteiger charge is -2.00. The van der Waals surface area contributed by atoms with Crippen LogP contribution in [-0.2, 0) is 12.8 Å². The Morgan fingerprint density at radius 3 is 2.71 bits per heavy atom. The number of hydrogen-bond acceptors (Lipinski definition) is 5. The highest BCUT2D eigenvalue weighted by molar-refractivity contribution is 5.53. The van der Waals surface area contributed by atoms with Crippen LogP contribution in [0.4, 0.5) is 0 Å². The van der Waals surface area contributed by atoms with Crippen molar-refractivity contribution >= 4 is 0 Å². The van der Waals surface area contributed by atoms with Crippen LogP contribution in [0.2, 0.25) is 0 Å². The van der Waals surface area contributed by atoms with E-state index < -0.39 is 0 Å². The average molecular weight is 281 g/mol. The Labute approximate surface area is 122 Å². The fourth-order valence-corrected chi connectivity index (χ4v) is 2.14. The molecule has 21 heavy (non-hydrogen) atoms. The zero-order chi connectivity index (χ0) is 14.7. The van der Waals surface area contributed by atoms with E-state index >= 15 is 0 Å². The standard InChI is InChI=1S/C16H15N3O2/c1-2-12-4-3-9-17-15(12)16-18-14(21-19-16)10-11-5-7-13(20)8-6-11/h3-9,20H,2,10H2,1H3. The van der Waals surface area contributed by atoms with E-state index in [1.165, 1.54) is 0 Å². The maximum atomic E-state index is 9.27. The van der Waals surface area contributed by atoms with Crippen molar-refractivity contribution in [2.75, 3.05) is 0 Å². The first kappa shape index (κ1) is 13.3. The van der Waals surface area contributed by atoms with Crippen LogP contribution < -0.4 is 0 Å². The Bertz CT molecular complexity index is 735. The number of nitrogens with zero attached hydrogens (tertiary/aromatic N) is 3. The molecule has 0 saturated carbocycles. The second-order valence-corrected chi connectivity index (χ2v) is 4.72. The van der Waals surface area contributed by atoms with Crippen LogP contribution in [0.3, 0.4) is 0 Å². The number of pyridine rings is 1. The summed E-state index contributed by atoms with van der Waals surface area (Å²) in [6.07, 6.45) is 3.12. The molecule has 5 nitrogen and oxygen atoms in total. The Balaban J connectivity index is 1.84. The molecule has 2 heterocycles. The topological polar surface area (TPSA) is 72.0 Å². The van der Waals surface area contributed by atoms with Crippen molar-refractivity contribution < 1.29 is 9.63 Å². The van der Waals surface area contributed by atoms with E-state index in [-0.39, 0.29) is 5.75 Å². The maximum absolute atomic E-state index is 9.27. The summed E-state index contributed by atoms with van der Waals surface area (Å²) in [5.74, 6) is 1.29. The molecule has 0 spiro atoms. The minimum Gasteiger partial charge on any atom is -0.508 e. The van der Waals surface area contributed by atoms with Crippen molar-refractivity contribution in [2.45, 2.75) is 19.8 Å². The molecule has 0 saturated heterocycles. The van der Waals surface area contributed by atoms with Gasteiger partial charge in [-0.1, -0.05) is 30.3 Å². The third kappa shape index (κ3) is 2.91. The van der Waals surface area contributed by atoms with Crippen LogP contribution in [0.15, 0.2) is 47.1 Å². The molecule has 106 valence electrons. The third-order valence-electron chi connectivity index (χ3n) is 3.24. The highest BCUT2D eigenvalue weighted by atomic mass is 16.5. The Kier molecular flexibility index (Phi) is 3.64. The van der Waals surface area contributed by atoms with Crippen LogP contribution in [0.25, 0.3) is 11.5 Å². The van der Waals surface area contributed by atoms with Crippen LogP contribution in [0.5, 0.6) is 5.75 Å². The number of benzene rings is 1. The third-order valence-corrected chi connectivity index (χ3v) is 3.24. The highest BCUT2D eigenvalue weighted by Gasteiger charge is 2.13. The van der Waals surface area contributed by atoms with E-state index in [1.807, 2.05) is 24.3 Å². The monoisotopic (exact) mass is 281 g/mol. The number of aromatic hydroxyl groups is 1. The number of aryl methyl sites for hydroxylation is 1. The highest BCUT2D eigenvalue weighted by Crippen LogP contribution is 2.20. The SMILES string of the molecule is CCc1cccnc1-c1noc(Cc2ccc(O)cc2)n1. The Morgan fingerprint density at radius 2 is 1.95 bits per heavy atom. The predicted octanol–water partition coefficient (Wildman–Crippen LogP) is 2.99. The molecular formula is C16H15N3O2. The lowest BCUT2D eigenvalue weighted by atomic mass is 10.1. The number of aromatic nitrogens is 3. The molecule has 0 amide bonds. The smallest absolute Gasteiger partial charge is 0.231 e. The van der Waals surface area contributed by atoms with Crippen molar-refractivity contribution in [3.05, 3.63) is 59.6 Å². The second kappa shape index (κ2) is 5.75. The van der Waals surface area contributed by atoms with E-state index in [2.05, 4.69) is 22.0 Å². The normalized spacial score (nSPS) is 10.7. The largest absolute Gasteiger partial charge is 0.508 e. The molecule has 0 bridgehead atoms. The van der Waals surface area contributed by atoms with Gasteiger partial charge in [0.15, 0.2) is 0 Å². The van der Waals surface area contributed by atoms with Crippen LogP contribution in [0, 0.1) is 0 Å². The molecule has 0 aliphatic carbocycles. The van der Waals surface area contributed by atoms with Gasteiger partial charge in [0.25, 0.3) is 0 Å². The van der Waals surface area contributed by atoms with Gasteiger partial charge in [-0.25, -0.2) is 0 Å². The van der Waals surface area contributed by atoms with Crippen molar-refractivity contribution in [3.63, 3.8) is 0 Å². The zero-order valence-electron chi connectivity index (χ0n) is 11.7. The fraction of sp³-hybridized carbons (Fsp3) is 0.188. The molecule has 0 fully saturated rings. The van der Waals surface area contributed by atoms with Gasteiger partial charge in [0.1, 0.15) is 11.4 Å². The van der Waals surface area contributed by atoms with Gasteiger partial charge in [-0.15, -0.1) is 0 Å². The maximum Gasteiger partial charge on any atom is 0.231 e. The number of phenolic OH excluding ortho intramolecular Hbond substituents is 1. The van der Waals surface area contributed by atoms with Gasteiger partial charge in [0, 0.05) is 6.20 Å². The first-order valence-electron chi connectivity index (χ1n) is 6.81. The molecule has 3 rings (SSSR count). The number of rotatable bonds is 4. The molecule has 1 aromatic carbocycles. The van der Waals surface area contributed by atoms with E-state index in [0.29, 0.717) is 18.1 Å². The van der Waals surface area contributed by atoms with Crippen molar-refractivity contribution in [1.82, 2.24) is 15.1 Å². The summed E-state index contributed by atoms with van der Waals surface area (Å²) in [5, 5.41) is 13.3. The summed E-state index contributed by atoms with van der Waals surface area (Å²) < 4.78 is 5.29. The van der Waals surface area contributed by atoms with Gasteiger partial charge in [0.05, 0.1) is 6.42 Å². The van der Waals surface area contributed by atoms with E-state index in [0.717, 1.165) is 23.2 Å². The van der Waals surface area contributed by atoms with Crippen molar-refractivity contribution in [2.24, 2.45) is 0 Å². The summed E-state index contributed by atoms with van der Waals surface area (Å²) in [5.41, 5.74) is 2.86. The molecule has 0 aliphatic rings. The summed E-state index contributed by atoms with van der Waals surface area (Å²) in [6.45, 7) is 2.07. The molecule has 5 heteroatoms. The van der Waals surface area contributed by atoms with Gasteiger partial charge < -0.3 is 9.63 Å². The van der Waals surface area contributed by atoms with Gasteiger partial charge >= 0.3 is 0 Å². The molecule has 0 atom stereocenters. The second-order valence-electron chi connectivity index (χ2n) is 4.72. The Morgan fingerprint density at radius 1 is 1.14 bits per heavy atom. The van der Waals surface area contributed by atoms with Crippen molar-refractivity contribution in [3.8, 4) is 17.3 Å². The molecule has 2 aromatic heterocycles.